The van der Waals surface area contributed by atoms with Crippen LogP contribution in [0.1, 0.15) is 34.6 Å². The van der Waals surface area contributed by atoms with Crippen molar-refractivity contribution in [2.75, 3.05) is 6.61 Å². The summed E-state index contributed by atoms with van der Waals surface area (Å²) in [4.78, 5) is 23.6. The Bertz CT molecular complexity index is 622. The number of amides is 1. The molecule has 1 aromatic heterocycles. The van der Waals surface area contributed by atoms with E-state index in [1.165, 1.54) is 11.3 Å². The van der Waals surface area contributed by atoms with Gasteiger partial charge in [0.1, 0.15) is 5.75 Å². The molecule has 0 bridgehead atoms. The first-order valence-electron chi connectivity index (χ1n) is 6.87. The van der Waals surface area contributed by atoms with Crippen LogP contribution in [0.3, 0.4) is 0 Å². The summed E-state index contributed by atoms with van der Waals surface area (Å²) in [5.74, 6) is -0.816. The van der Waals surface area contributed by atoms with E-state index in [0.717, 1.165) is 0 Å². The number of aliphatic carboxylic acids is 1. The van der Waals surface area contributed by atoms with Gasteiger partial charge in [-0.15, -0.1) is 11.3 Å². The molecule has 0 fully saturated rings. The molecule has 1 amide bonds. The number of carbonyl (C=O) groups is 2. The van der Waals surface area contributed by atoms with Gasteiger partial charge in [0.2, 0.25) is 0 Å². The third-order valence-electron chi connectivity index (χ3n) is 3.01. The third-order valence-corrected chi connectivity index (χ3v) is 3.88. The molecule has 0 saturated carbocycles. The Morgan fingerprint density at radius 2 is 2.00 bits per heavy atom. The molecule has 0 radical (unpaired) electrons. The Hall–Kier alpha value is -2.34. The van der Waals surface area contributed by atoms with Gasteiger partial charge in [0.15, 0.2) is 0 Å². The normalized spacial score (nSPS) is 11.7. The summed E-state index contributed by atoms with van der Waals surface area (Å²) in [7, 11) is 0. The molecule has 0 saturated heterocycles. The molecule has 0 unspecified atom stereocenters. The maximum atomic E-state index is 12.1. The molecule has 1 aromatic carbocycles. The Morgan fingerprint density at radius 1 is 1.27 bits per heavy atom. The summed E-state index contributed by atoms with van der Waals surface area (Å²) < 4.78 is 5.35. The van der Waals surface area contributed by atoms with Crippen LogP contribution in [0.5, 0.6) is 5.75 Å². The number of rotatable bonds is 7. The Morgan fingerprint density at radius 3 is 2.55 bits per heavy atom. The zero-order valence-corrected chi connectivity index (χ0v) is 12.9. The van der Waals surface area contributed by atoms with Crippen LogP contribution in [-0.4, -0.2) is 18.5 Å². The van der Waals surface area contributed by atoms with Crippen molar-refractivity contribution in [3.63, 3.8) is 0 Å². The molecule has 1 N–H and O–H groups in total. The van der Waals surface area contributed by atoms with Crippen molar-refractivity contribution in [2.24, 2.45) is 0 Å². The van der Waals surface area contributed by atoms with Crippen molar-refractivity contribution in [3.05, 3.63) is 52.2 Å². The van der Waals surface area contributed by atoms with Crippen molar-refractivity contribution in [1.82, 2.24) is 5.32 Å². The summed E-state index contributed by atoms with van der Waals surface area (Å²) in [6.45, 7) is 2.44. The molecular formula is C16H16NO4S-. The molecule has 1 atom stereocenters. The van der Waals surface area contributed by atoms with Crippen LogP contribution >= 0.6 is 11.3 Å². The van der Waals surface area contributed by atoms with E-state index >= 15 is 0 Å². The molecule has 0 aliphatic heterocycles. The van der Waals surface area contributed by atoms with Crippen molar-refractivity contribution in [3.8, 4) is 5.75 Å². The number of thiophene rings is 1. The predicted octanol–water partition coefficient (Wildman–Crippen LogP) is 1.76. The van der Waals surface area contributed by atoms with Gasteiger partial charge in [-0.25, -0.2) is 0 Å². The lowest BCUT2D eigenvalue weighted by Crippen LogP contribution is -2.33. The molecule has 5 nitrogen and oxygen atoms in total. The second kappa shape index (κ2) is 7.61. The summed E-state index contributed by atoms with van der Waals surface area (Å²) >= 11 is 1.30. The zero-order valence-electron chi connectivity index (χ0n) is 12.1. The van der Waals surface area contributed by atoms with Gasteiger partial charge < -0.3 is 20.0 Å². The number of benzene rings is 1. The predicted molar refractivity (Wildman–Crippen MR) is 81.8 cm³/mol. The fraction of sp³-hybridized carbons (Fsp3) is 0.250. The highest BCUT2D eigenvalue weighted by molar-refractivity contribution is 7.12. The van der Waals surface area contributed by atoms with Gasteiger partial charge in [0.25, 0.3) is 5.91 Å². The first-order valence-corrected chi connectivity index (χ1v) is 7.75. The Balaban J connectivity index is 2.14. The van der Waals surface area contributed by atoms with Gasteiger partial charge in [-0.3, -0.25) is 4.79 Å². The molecular weight excluding hydrogens is 302 g/mol. The van der Waals surface area contributed by atoms with Crippen LogP contribution in [-0.2, 0) is 4.79 Å². The fourth-order valence-electron chi connectivity index (χ4n) is 2.02. The second-order valence-electron chi connectivity index (χ2n) is 4.58. The quantitative estimate of drug-likeness (QED) is 0.844. The minimum absolute atomic E-state index is 0.287. The summed E-state index contributed by atoms with van der Waals surface area (Å²) in [6, 6.07) is 9.80. The van der Waals surface area contributed by atoms with Crippen LogP contribution in [0.2, 0.25) is 0 Å². The third kappa shape index (κ3) is 4.33. The van der Waals surface area contributed by atoms with E-state index in [1.54, 1.807) is 41.8 Å². The molecule has 6 heteroatoms. The summed E-state index contributed by atoms with van der Waals surface area (Å²) in [6.07, 6.45) is -0.287. The molecule has 22 heavy (non-hydrogen) atoms. The monoisotopic (exact) mass is 318 g/mol. The van der Waals surface area contributed by atoms with E-state index in [2.05, 4.69) is 5.32 Å². The molecule has 1 heterocycles. The number of carbonyl (C=O) groups excluding carboxylic acids is 2. The largest absolute Gasteiger partial charge is 0.550 e. The van der Waals surface area contributed by atoms with Crippen LogP contribution < -0.4 is 15.2 Å². The fourth-order valence-corrected chi connectivity index (χ4v) is 2.65. The Labute approximate surface area is 132 Å². The summed E-state index contributed by atoms with van der Waals surface area (Å²) in [5, 5.41) is 15.5. The second-order valence-corrected chi connectivity index (χ2v) is 5.53. The summed E-state index contributed by atoms with van der Waals surface area (Å²) in [5.41, 5.74) is 0.692. The molecule has 0 aliphatic carbocycles. The first kappa shape index (κ1) is 16.0. The van der Waals surface area contributed by atoms with Crippen molar-refractivity contribution < 1.29 is 19.4 Å². The average molecular weight is 318 g/mol. The van der Waals surface area contributed by atoms with Crippen molar-refractivity contribution in [2.45, 2.75) is 19.4 Å². The SMILES string of the molecule is CCOc1ccc([C@H](CC(=O)[O-])NC(=O)c2cccs2)cc1. The van der Waals surface area contributed by atoms with Crippen LogP contribution in [0.25, 0.3) is 0 Å². The number of nitrogens with one attached hydrogen (secondary N) is 1. The highest BCUT2D eigenvalue weighted by Gasteiger charge is 2.17. The number of hydrogen-bond donors (Lipinski definition) is 1. The van der Waals surface area contributed by atoms with E-state index in [9.17, 15) is 14.7 Å². The van der Waals surface area contributed by atoms with E-state index < -0.39 is 12.0 Å². The highest BCUT2D eigenvalue weighted by atomic mass is 32.1. The standard InChI is InChI=1S/C16H17NO4S/c1-2-21-12-7-5-11(6-8-12)13(10-15(18)19)17-16(20)14-4-3-9-22-14/h3-9,13H,2,10H2,1H3,(H,17,20)(H,18,19)/p-1/t13-/m0/s1. The average Bonchev–Trinajstić information content (AvgIpc) is 3.01. The van der Waals surface area contributed by atoms with Gasteiger partial charge in [-0.05, 0) is 36.1 Å². The Kier molecular flexibility index (Phi) is 5.55. The van der Waals surface area contributed by atoms with Gasteiger partial charge in [0, 0.05) is 12.4 Å². The van der Waals surface area contributed by atoms with E-state index in [-0.39, 0.29) is 12.3 Å². The van der Waals surface area contributed by atoms with E-state index in [4.69, 9.17) is 4.74 Å². The van der Waals surface area contributed by atoms with E-state index in [1.807, 2.05) is 6.92 Å². The highest BCUT2D eigenvalue weighted by Crippen LogP contribution is 2.21. The lowest BCUT2D eigenvalue weighted by atomic mass is 10.0. The number of carboxylic acids is 1. The van der Waals surface area contributed by atoms with Gasteiger partial charge >= 0.3 is 0 Å². The van der Waals surface area contributed by atoms with Crippen LogP contribution in [0, 0.1) is 0 Å². The molecule has 0 aliphatic rings. The van der Waals surface area contributed by atoms with Crippen molar-refractivity contribution in [1.29, 1.82) is 0 Å². The maximum Gasteiger partial charge on any atom is 0.261 e. The van der Waals surface area contributed by atoms with Gasteiger partial charge in [0.05, 0.1) is 17.5 Å². The van der Waals surface area contributed by atoms with Crippen LogP contribution in [0.4, 0.5) is 0 Å². The lowest BCUT2D eigenvalue weighted by Gasteiger charge is -2.19. The topological polar surface area (TPSA) is 78.5 Å². The first-order chi connectivity index (χ1) is 10.6. The van der Waals surface area contributed by atoms with Crippen LogP contribution in [0.15, 0.2) is 41.8 Å². The molecule has 116 valence electrons. The minimum Gasteiger partial charge on any atom is -0.550 e. The smallest absolute Gasteiger partial charge is 0.261 e. The molecule has 2 aromatic rings. The number of carboxylic acid groups (broad SMARTS) is 1. The minimum atomic E-state index is -1.22. The van der Waals surface area contributed by atoms with E-state index in [0.29, 0.717) is 22.8 Å². The van der Waals surface area contributed by atoms with Gasteiger partial charge in [-0.2, -0.15) is 0 Å². The zero-order chi connectivity index (χ0) is 15.9. The van der Waals surface area contributed by atoms with Gasteiger partial charge in [-0.1, -0.05) is 18.2 Å². The molecule has 2 rings (SSSR count). The maximum absolute atomic E-state index is 12.1. The molecule has 0 spiro atoms. The number of hydrogen-bond acceptors (Lipinski definition) is 5. The number of ether oxygens (including phenoxy) is 1. The lowest BCUT2D eigenvalue weighted by molar-refractivity contribution is -0.306. The van der Waals surface area contributed by atoms with Crippen molar-refractivity contribution >= 4 is 23.2 Å².